The second-order valence-electron chi connectivity index (χ2n) is 4.26. The number of nitriles is 1. The highest BCUT2D eigenvalue weighted by atomic mass is 32.2. The Kier molecular flexibility index (Phi) is 4.50. The van der Waals surface area contributed by atoms with E-state index in [-0.39, 0.29) is 5.17 Å². The zero-order chi connectivity index (χ0) is 15.4. The Hall–Kier alpha value is -2.46. The molecule has 1 aliphatic heterocycles. The first-order chi connectivity index (χ1) is 10.0. The number of carbonyl (C=O) groups is 2. The van der Waals surface area contributed by atoms with E-state index in [1.165, 1.54) is 6.92 Å². The second-order valence-corrected chi connectivity index (χ2v) is 5.56. The smallest absolute Gasteiger partial charge is 0.316 e. The van der Waals surface area contributed by atoms with Gasteiger partial charge in [-0.1, -0.05) is 42.1 Å². The lowest BCUT2D eigenvalue weighted by molar-refractivity contribution is -0.136. The number of thioether (sulfide) groups is 1. The molecule has 0 bridgehead atoms. The third kappa shape index (κ3) is 3.35. The first-order valence-electron chi connectivity index (χ1n) is 6.08. The van der Waals surface area contributed by atoms with Gasteiger partial charge in [-0.3, -0.25) is 9.59 Å². The molecule has 1 aromatic rings. The first kappa shape index (κ1) is 14.9. The van der Waals surface area contributed by atoms with Crippen molar-refractivity contribution in [1.29, 1.82) is 5.26 Å². The maximum atomic E-state index is 11.9. The van der Waals surface area contributed by atoms with Gasteiger partial charge in [0.25, 0.3) is 5.91 Å². The van der Waals surface area contributed by atoms with Gasteiger partial charge in [0, 0.05) is 0 Å². The van der Waals surface area contributed by atoms with Crippen LogP contribution in [-0.2, 0) is 9.59 Å². The van der Waals surface area contributed by atoms with E-state index in [1.807, 2.05) is 12.1 Å². The van der Waals surface area contributed by atoms with Crippen LogP contribution in [0.1, 0.15) is 12.5 Å². The molecular formula is C14H11N3O3S. The van der Waals surface area contributed by atoms with Crippen LogP contribution in [0.3, 0.4) is 0 Å². The van der Waals surface area contributed by atoms with E-state index >= 15 is 0 Å². The SMILES string of the molecule is CC(SC1=NC(=O)C(C#N)C(c2ccccc2)=N1)C(=O)O. The molecule has 6 nitrogen and oxygen atoms in total. The lowest BCUT2D eigenvalue weighted by atomic mass is 9.96. The van der Waals surface area contributed by atoms with Crippen molar-refractivity contribution in [3.8, 4) is 6.07 Å². The highest BCUT2D eigenvalue weighted by Crippen LogP contribution is 2.22. The van der Waals surface area contributed by atoms with Crippen LogP contribution in [0.2, 0.25) is 0 Å². The highest BCUT2D eigenvalue weighted by molar-refractivity contribution is 8.15. The number of benzene rings is 1. The summed E-state index contributed by atoms with van der Waals surface area (Å²) < 4.78 is 0. The van der Waals surface area contributed by atoms with Gasteiger partial charge in [0.15, 0.2) is 11.1 Å². The van der Waals surface area contributed by atoms with Crippen LogP contribution in [0, 0.1) is 17.2 Å². The van der Waals surface area contributed by atoms with Crippen LogP contribution in [-0.4, -0.2) is 33.1 Å². The molecule has 2 atom stereocenters. The number of carbonyl (C=O) groups excluding carboxylic acids is 1. The van der Waals surface area contributed by atoms with E-state index < -0.39 is 23.0 Å². The summed E-state index contributed by atoms with van der Waals surface area (Å²) in [6.07, 6.45) is 0. The number of aliphatic imine (C=N–C) groups is 2. The third-order valence-electron chi connectivity index (χ3n) is 2.77. The van der Waals surface area contributed by atoms with Gasteiger partial charge in [-0.2, -0.15) is 10.3 Å². The van der Waals surface area contributed by atoms with E-state index in [0.29, 0.717) is 11.3 Å². The Morgan fingerprint density at radius 1 is 1.38 bits per heavy atom. The van der Waals surface area contributed by atoms with Crippen molar-refractivity contribution in [1.82, 2.24) is 0 Å². The maximum absolute atomic E-state index is 11.9. The molecule has 0 aromatic heterocycles. The fraction of sp³-hybridized carbons (Fsp3) is 0.214. The largest absolute Gasteiger partial charge is 0.480 e. The molecule has 0 fully saturated rings. The number of hydrogen-bond acceptors (Lipinski definition) is 5. The molecule has 0 saturated carbocycles. The van der Waals surface area contributed by atoms with Crippen molar-refractivity contribution < 1.29 is 14.7 Å². The van der Waals surface area contributed by atoms with Crippen molar-refractivity contribution in [2.45, 2.75) is 12.2 Å². The molecule has 1 heterocycles. The monoisotopic (exact) mass is 301 g/mol. The van der Waals surface area contributed by atoms with Crippen LogP contribution < -0.4 is 0 Å². The lowest BCUT2D eigenvalue weighted by Crippen LogP contribution is -2.28. The van der Waals surface area contributed by atoms with Gasteiger partial charge >= 0.3 is 5.97 Å². The fourth-order valence-electron chi connectivity index (χ4n) is 1.69. The molecule has 2 unspecified atom stereocenters. The van der Waals surface area contributed by atoms with Gasteiger partial charge in [0.2, 0.25) is 0 Å². The normalized spacial score (nSPS) is 19.2. The average Bonchev–Trinajstić information content (AvgIpc) is 2.47. The van der Waals surface area contributed by atoms with Crippen LogP contribution in [0.5, 0.6) is 0 Å². The number of carboxylic acids is 1. The van der Waals surface area contributed by atoms with Crippen molar-refractivity contribution in [3.63, 3.8) is 0 Å². The number of rotatable bonds is 3. The summed E-state index contributed by atoms with van der Waals surface area (Å²) in [6, 6.07) is 10.7. The Morgan fingerprint density at radius 2 is 2.05 bits per heavy atom. The molecule has 0 aliphatic carbocycles. The molecular weight excluding hydrogens is 290 g/mol. The quantitative estimate of drug-likeness (QED) is 0.915. The van der Waals surface area contributed by atoms with Crippen molar-refractivity contribution in [3.05, 3.63) is 35.9 Å². The molecule has 2 rings (SSSR count). The zero-order valence-electron chi connectivity index (χ0n) is 11.1. The zero-order valence-corrected chi connectivity index (χ0v) is 11.9. The van der Waals surface area contributed by atoms with E-state index in [1.54, 1.807) is 24.3 Å². The van der Waals surface area contributed by atoms with Gasteiger partial charge in [0.05, 0.1) is 11.8 Å². The summed E-state index contributed by atoms with van der Waals surface area (Å²) in [5, 5.41) is 17.3. The standard InChI is InChI=1S/C14H11N3O3S/c1-8(13(19)20)21-14-16-11(9-5-3-2-4-6-9)10(7-15)12(18)17-14/h2-6,8,10H,1H3,(H,19,20). The van der Waals surface area contributed by atoms with Crippen LogP contribution in [0.4, 0.5) is 0 Å². The molecule has 106 valence electrons. The summed E-state index contributed by atoms with van der Waals surface area (Å²) in [4.78, 5) is 30.7. The number of aliphatic carboxylic acids is 1. The Balaban J connectivity index is 2.38. The number of amides is 1. The van der Waals surface area contributed by atoms with Gasteiger partial charge in [0.1, 0.15) is 5.25 Å². The number of hydrogen-bond donors (Lipinski definition) is 1. The molecule has 1 amide bonds. The van der Waals surface area contributed by atoms with E-state index in [9.17, 15) is 9.59 Å². The van der Waals surface area contributed by atoms with Gasteiger partial charge in [-0.25, -0.2) is 4.99 Å². The minimum atomic E-state index is -1.06. The fourth-order valence-corrected chi connectivity index (χ4v) is 2.40. The number of nitrogens with zero attached hydrogens (tertiary/aromatic N) is 3. The molecule has 0 saturated heterocycles. The van der Waals surface area contributed by atoms with Crippen molar-refractivity contribution in [2.75, 3.05) is 0 Å². The number of amidine groups is 1. The van der Waals surface area contributed by atoms with Crippen molar-refractivity contribution in [2.24, 2.45) is 15.9 Å². The summed E-state index contributed by atoms with van der Waals surface area (Å²) in [7, 11) is 0. The van der Waals surface area contributed by atoms with E-state index in [0.717, 1.165) is 11.8 Å². The summed E-state index contributed by atoms with van der Waals surface area (Å²) in [5.41, 5.74) is 0.951. The highest BCUT2D eigenvalue weighted by Gasteiger charge is 2.31. The minimum Gasteiger partial charge on any atom is -0.480 e. The van der Waals surface area contributed by atoms with Gasteiger partial charge in [-0.05, 0) is 12.5 Å². The average molecular weight is 301 g/mol. The van der Waals surface area contributed by atoms with Crippen LogP contribution >= 0.6 is 11.8 Å². The molecule has 1 N–H and O–H groups in total. The predicted molar refractivity (Wildman–Crippen MR) is 79.2 cm³/mol. The Labute approximate surface area is 125 Å². The van der Waals surface area contributed by atoms with Gasteiger partial charge < -0.3 is 5.11 Å². The van der Waals surface area contributed by atoms with E-state index in [2.05, 4.69) is 9.98 Å². The summed E-state index contributed by atoms with van der Waals surface area (Å²) in [6.45, 7) is 1.48. The van der Waals surface area contributed by atoms with E-state index in [4.69, 9.17) is 10.4 Å². The molecule has 0 spiro atoms. The second kappa shape index (κ2) is 6.33. The molecule has 21 heavy (non-hydrogen) atoms. The minimum absolute atomic E-state index is 0.0697. The molecule has 1 aliphatic rings. The number of carboxylic acid groups (broad SMARTS) is 1. The lowest BCUT2D eigenvalue weighted by Gasteiger charge is -2.16. The Bertz CT molecular complexity index is 676. The molecule has 1 aromatic carbocycles. The maximum Gasteiger partial charge on any atom is 0.316 e. The molecule has 0 radical (unpaired) electrons. The van der Waals surface area contributed by atoms with Crippen molar-refractivity contribution >= 4 is 34.5 Å². The predicted octanol–water partition coefficient (Wildman–Crippen LogP) is 1.72. The van der Waals surface area contributed by atoms with Crippen LogP contribution in [0.15, 0.2) is 40.3 Å². The summed E-state index contributed by atoms with van der Waals surface area (Å²) in [5.74, 6) is -2.70. The van der Waals surface area contributed by atoms with Gasteiger partial charge in [-0.15, -0.1) is 0 Å². The molecule has 7 heteroatoms. The topological polar surface area (TPSA) is 103 Å². The summed E-state index contributed by atoms with van der Waals surface area (Å²) >= 11 is 0.876. The van der Waals surface area contributed by atoms with Crippen LogP contribution in [0.25, 0.3) is 0 Å². The Morgan fingerprint density at radius 3 is 2.62 bits per heavy atom. The third-order valence-corrected chi connectivity index (χ3v) is 3.72. The first-order valence-corrected chi connectivity index (χ1v) is 6.96.